The van der Waals surface area contributed by atoms with Gasteiger partial charge < -0.3 is 9.80 Å². The van der Waals surface area contributed by atoms with Gasteiger partial charge in [-0.15, -0.1) is 0 Å². The lowest BCUT2D eigenvalue weighted by molar-refractivity contribution is 0.541. The molecule has 3 heterocycles. The van der Waals surface area contributed by atoms with E-state index in [1.54, 1.807) is 12.1 Å². The highest BCUT2D eigenvalue weighted by Crippen LogP contribution is 2.28. The Balaban J connectivity index is 1.57. The summed E-state index contributed by atoms with van der Waals surface area (Å²) in [5.74, 6) is 1.50. The van der Waals surface area contributed by atoms with Crippen LogP contribution in [-0.2, 0) is 0 Å². The smallest absolute Gasteiger partial charge is 0.224 e. The molecule has 0 aliphatic carbocycles. The van der Waals surface area contributed by atoms with Crippen molar-refractivity contribution in [2.45, 2.75) is 19.9 Å². The predicted octanol–water partition coefficient (Wildman–Crippen LogP) is 5.12. The summed E-state index contributed by atoms with van der Waals surface area (Å²) >= 11 is 9.68. The standard InChI is InChI=1S/C21H20BrClFN5/c1-13-9-16(22)11-25-20(13)28-7-8-29(14(2)12-28)19-10-18(26-21(23)27-19)15-3-5-17(24)6-4-15/h3-6,9-11,14H,7-8,12H2,1-2H3. The molecule has 1 aliphatic rings. The summed E-state index contributed by atoms with van der Waals surface area (Å²) in [6.45, 7) is 6.67. The van der Waals surface area contributed by atoms with Crippen LogP contribution in [0.2, 0.25) is 5.28 Å². The van der Waals surface area contributed by atoms with Crippen molar-refractivity contribution in [3.8, 4) is 11.3 Å². The lowest BCUT2D eigenvalue weighted by Gasteiger charge is -2.41. The highest BCUT2D eigenvalue weighted by atomic mass is 79.9. The van der Waals surface area contributed by atoms with Crippen LogP contribution in [0.4, 0.5) is 16.0 Å². The molecular formula is C21H20BrClFN5. The Morgan fingerprint density at radius 1 is 1.14 bits per heavy atom. The van der Waals surface area contributed by atoms with E-state index in [0.29, 0.717) is 5.69 Å². The number of hydrogen-bond acceptors (Lipinski definition) is 5. The maximum absolute atomic E-state index is 13.3. The van der Waals surface area contributed by atoms with E-state index in [1.807, 2.05) is 12.3 Å². The van der Waals surface area contributed by atoms with Gasteiger partial charge in [0.05, 0.1) is 5.69 Å². The van der Waals surface area contributed by atoms with Crippen molar-refractivity contribution in [1.29, 1.82) is 0 Å². The quantitative estimate of drug-likeness (QED) is 0.491. The minimum atomic E-state index is -0.282. The minimum absolute atomic E-state index is 0.182. The van der Waals surface area contributed by atoms with E-state index in [0.717, 1.165) is 46.9 Å². The second-order valence-electron chi connectivity index (χ2n) is 7.17. The molecule has 150 valence electrons. The molecule has 0 bridgehead atoms. The molecule has 0 spiro atoms. The van der Waals surface area contributed by atoms with Crippen LogP contribution in [0, 0.1) is 12.7 Å². The molecule has 3 aromatic rings. The molecule has 1 unspecified atom stereocenters. The van der Waals surface area contributed by atoms with Gasteiger partial charge in [-0.25, -0.2) is 19.3 Å². The van der Waals surface area contributed by atoms with E-state index in [2.05, 4.69) is 60.6 Å². The number of anilines is 2. The summed E-state index contributed by atoms with van der Waals surface area (Å²) in [6.07, 6.45) is 1.83. The van der Waals surface area contributed by atoms with E-state index in [9.17, 15) is 4.39 Å². The average molecular weight is 477 g/mol. The Kier molecular flexibility index (Phi) is 5.69. The molecule has 1 atom stereocenters. The maximum atomic E-state index is 13.3. The molecule has 0 amide bonds. The summed E-state index contributed by atoms with van der Waals surface area (Å²) in [5, 5.41) is 0.182. The summed E-state index contributed by atoms with van der Waals surface area (Å²) < 4.78 is 14.2. The SMILES string of the molecule is Cc1cc(Br)cnc1N1CCN(c2cc(-c3ccc(F)cc3)nc(Cl)n2)C(C)C1. The normalized spacial score (nSPS) is 16.9. The van der Waals surface area contributed by atoms with E-state index >= 15 is 0 Å². The molecule has 1 fully saturated rings. The molecule has 1 aliphatic heterocycles. The average Bonchev–Trinajstić information content (AvgIpc) is 2.68. The van der Waals surface area contributed by atoms with Crippen molar-refractivity contribution in [3.05, 3.63) is 63.7 Å². The molecule has 1 aromatic carbocycles. The van der Waals surface area contributed by atoms with Gasteiger partial charge in [0.25, 0.3) is 0 Å². The first-order valence-corrected chi connectivity index (χ1v) is 10.5. The fourth-order valence-electron chi connectivity index (χ4n) is 3.68. The van der Waals surface area contributed by atoms with Gasteiger partial charge >= 0.3 is 0 Å². The van der Waals surface area contributed by atoms with Gasteiger partial charge in [-0.1, -0.05) is 0 Å². The van der Waals surface area contributed by atoms with Crippen LogP contribution < -0.4 is 9.80 Å². The lowest BCUT2D eigenvalue weighted by Crippen LogP contribution is -2.52. The van der Waals surface area contributed by atoms with Gasteiger partial charge in [0.15, 0.2) is 0 Å². The van der Waals surface area contributed by atoms with Gasteiger partial charge in [0.2, 0.25) is 5.28 Å². The number of rotatable bonds is 3. The number of piperazine rings is 1. The van der Waals surface area contributed by atoms with Crippen LogP contribution in [-0.4, -0.2) is 40.6 Å². The Labute approximate surface area is 182 Å². The first-order valence-electron chi connectivity index (χ1n) is 9.35. The number of halogens is 3. The summed E-state index contributed by atoms with van der Waals surface area (Å²) in [4.78, 5) is 17.9. The molecule has 8 heteroatoms. The van der Waals surface area contributed by atoms with E-state index in [-0.39, 0.29) is 17.1 Å². The third kappa shape index (κ3) is 4.36. The van der Waals surface area contributed by atoms with Crippen molar-refractivity contribution < 1.29 is 4.39 Å². The van der Waals surface area contributed by atoms with Crippen molar-refractivity contribution >= 4 is 39.2 Å². The van der Waals surface area contributed by atoms with Crippen LogP contribution in [0.1, 0.15) is 12.5 Å². The predicted molar refractivity (Wildman–Crippen MR) is 118 cm³/mol. The number of pyridine rings is 1. The first-order chi connectivity index (χ1) is 13.9. The summed E-state index contributed by atoms with van der Waals surface area (Å²) in [5.41, 5.74) is 2.63. The molecule has 0 saturated carbocycles. The van der Waals surface area contributed by atoms with Crippen LogP contribution in [0.25, 0.3) is 11.3 Å². The Morgan fingerprint density at radius 2 is 1.90 bits per heavy atom. The van der Waals surface area contributed by atoms with E-state index in [4.69, 9.17) is 11.6 Å². The van der Waals surface area contributed by atoms with E-state index < -0.39 is 0 Å². The zero-order chi connectivity index (χ0) is 20.5. The molecule has 1 saturated heterocycles. The monoisotopic (exact) mass is 475 g/mol. The summed E-state index contributed by atoms with van der Waals surface area (Å²) in [7, 11) is 0. The van der Waals surface area contributed by atoms with Crippen LogP contribution >= 0.6 is 27.5 Å². The van der Waals surface area contributed by atoms with Crippen LogP contribution in [0.5, 0.6) is 0 Å². The molecule has 2 aromatic heterocycles. The van der Waals surface area contributed by atoms with Crippen molar-refractivity contribution in [1.82, 2.24) is 15.0 Å². The highest BCUT2D eigenvalue weighted by molar-refractivity contribution is 9.10. The third-order valence-electron chi connectivity index (χ3n) is 5.06. The number of aryl methyl sites for hydroxylation is 1. The van der Waals surface area contributed by atoms with Gasteiger partial charge in [0, 0.05) is 48.0 Å². The van der Waals surface area contributed by atoms with Gasteiger partial charge in [-0.2, -0.15) is 0 Å². The number of nitrogens with zero attached hydrogens (tertiary/aromatic N) is 5. The topological polar surface area (TPSA) is 45.2 Å². The Bertz CT molecular complexity index is 1030. The zero-order valence-electron chi connectivity index (χ0n) is 16.1. The van der Waals surface area contributed by atoms with E-state index in [1.165, 1.54) is 12.1 Å². The zero-order valence-corrected chi connectivity index (χ0v) is 18.5. The van der Waals surface area contributed by atoms with Crippen molar-refractivity contribution in [3.63, 3.8) is 0 Å². The largest absolute Gasteiger partial charge is 0.353 e. The van der Waals surface area contributed by atoms with Crippen LogP contribution in [0.15, 0.2) is 47.1 Å². The fourth-order valence-corrected chi connectivity index (χ4v) is 4.30. The molecule has 4 rings (SSSR count). The lowest BCUT2D eigenvalue weighted by atomic mass is 10.1. The fraction of sp³-hybridized carbons (Fsp3) is 0.286. The number of hydrogen-bond donors (Lipinski definition) is 0. The maximum Gasteiger partial charge on any atom is 0.224 e. The molecule has 0 radical (unpaired) electrons. The number of aromatic nitrogens is 3. The summed E-state index contributed by atoms with van der Waals surface area (Å²) in [6, 6.07) is 10.4. The first kappa shape index (κ1) is 20.0. The minimum Gasteiger partial charge on any atom is -0.353 e. The second-order valence-corrected chi connectivity index (χ2v) is 8.42. The van der Waals surface area contributed by atoms with Gasteiger partial charge in [-0.3, -0.25) is 0 Å². The molecule has 5 nitrogen and oxygen atoms in total. The Morgan fingerprint density at radius 3 is 2.59 bits per heavy atom. The van der Waals surface area contributed by atoms with Gasteiger partial charge in [0.1, 0.15) is 17.5 Å². The van der Waals surface area contributed by atoms with Crippen LogP contribution in [0.3, 0.4) is 0 Å². The number of benzene rings is 1. The van der Waals surface area contributed by atoms with Crippen molar-refractivity contribution in [2.24, 2.45) is 0 Å². The Hall–Kier alpha value is -2.25. The molecular weight excluding hydrogens is 457 g/mol. The van der Waals surface area contributed by atoms with Gasteiger partial charge in [-0.05, 0) is 77.3 Å². The second kappa shape index (κ2) is 8.24. The van der Waals surface area contributed by atoms with Crippen molar-refractivity contribution in [2.75, 3.05) is 29.4 Å². The molecule has 0 N–H and O–H groups in total. The highest BCUT2D eigenvalue weighted by Gasteiger charge is 2.27. The molecule has 29 heavy (non-hydrogen) atoms. The third-order valence-corrected chi connectivity index (χ3v) is 5.67.